The molecule has 2 aliphatic rings. The zero-order valence-electron chi connectivity index (χ0n) is 19.1. The second-order valence-corrected chi connectivity index (χ2v) is 9.21. The third-order valence-corrected chi connectivity index (χ3v) is 6.61. The van der Waals surface area contributed by atoms with Crippen molar-refractivity contribution < 1.29 is 4.79 Å². The zero-order valence-corrected chi connectivity index (χ0v) is 19.1. The molecule has 4 rings (SSSR count). The Bertz CT molecular complexity index is 941. The van der Waals surface area contributed by atoms with Gasteiger partial charge in [0.25, 0.3) is 5.91 Å². The van der Waals surface area contributed by atoms with Gasteiger partial charge in [-0.15, -0.1) is 0 Å². The monoisotopic (exact) mass is 417 g/mol. The molecule has 0 aliphatic carbocycles. The van der Waals surface area contributed by atoms with E-state index in [2.05, 4.69) is 80.1 Å². The van der Waals surface area contributed by atoms with E-state index in [9.17, 15) is 4.79 Å². The van der Waals surface area contributed by atoms with E-state index in [1.165, 1.54) is 17.6 Å². The summed E-state index contributed by atoms with van der Waals surface area (Å²) in [7, 11) is 0. The van der Waals surface area contributed by atoms with Crippen LogP contribution in [0.3, 0.4) is 0 Å². The molecule has 4 nitrogen and oxygen atoms in total. The van der Waals surface area contributed by atoms with Gasteiger partial charge in [-0.3, -0.25) is 4.79 Å². The number of hydrogen-bond donors (Lipinski definition) is 2. The topological polar surface area (TPSA) is 44.4 Å². The lowest BCUT2D eigenvalue weighted by Gasteiger charge is -2.25. The lowest BCUT2D eigenvalue weighted by Crippen LogP contribution is -2.33. The van der Waals surface area contributed by atoms with Crippen molar-refractivity contribution >= 4 is 5.91 Å². The largest absolute Gasteiger partial charge is 0.388 e. The maximum absolute atomic E-state index is 13.1. The molecule has 164 valence electrons. The van der Waals surface area contributed by atoms with Crippen LogP contribution < -0.4 is 10.6 Å². The summed E-state index contributed by atoms with van der Waals surface area (Å²) in [6.07, 6.45) is 6.70. The van der Waals surface area contributed by atoms with E-state index >= 15 is 0 Å². The number of likely N-dealkylation sites (tertiary alicyclic amines) is 1. The fourth-order valence-corrected chi connectivity index (χ4v) is 4.46. The lowest BCUT2D eigenvalue weighted by atomic mass is 9.96. The Morgan fingerprint density at radius 1 is 1.13 bits per heavy atom. The molecule has 2 unspecified atom stereocenters. The Balaban J connectivity index is 1.56. The summed E-state index contributed by atoms with van der Waals surface area (Å²) < 4.78 is 0. The molecule has 1 fully saturated rings. The fraction of sp³-hybridized carbons (Fsp3) is 0.444. The predicted molar refractivity (Wildman–Crippen MR) is 128 cm³/mol. The summed E-state index contributed by atoms with van der Waals surface area (Å²) in [5.74, 6) is 0.161. The first kappa shape index (κ1) is 21.6. The van der Waals surface area contributed by atoms with Crippen LogP contribution in [-0.4, -0.2) is 36.0 Å². The van der Waals surface area contributed by atoms with Gasteiger partial charge in [0.15, 0.2) is 0 Å². The van der Waals surface area contributed by atoms with Crippen LogP contribution in [0, 0.1) is 6.92 Å². The molecule has 1 amide bonds. The van der Waals surface area contributed by atoms with E-state index in [0.29, 0.717) is 12.1 Å². The third kappa shape index (κ3) is 5.37. The molecule has 4 heteroatoms. The van der Waals surface area contributed by atoms with Crippen LogP contribution >= 0.6 is 0 Å². The summed E-state index contributed by atoms with van der Waals surface area (Å²) in [4.78, 5) is 15.1. The zero-order chi connectivity index (χ0) is 21.8. The van der Waals surface area contributed by atoms with E-state index < -0.39 is 0 Å². The average Bonchev–Trinajstić information content (AvgIpc) is 3.33. The van der Waals surface area contributed by atoms with Crippen molar-refractivity contribution in [2.24, 2.45) is 0 Å². The lowest BCUT2D eigenvalue weighted by molar-refractivity contribution is 0.0792. The first-order chi connectivity index (χ1) is 15.0. The smallest absolute Gasteiger partial charge is 0.253 e. The first-order valence-electron chi connectivity index (χ1n) is 11.7. The number of carbonyl (C=O) groups is 1. The van der Waals surface area contributed by atoms with Gasteiger partial charge in [0.2, 0.25) is 0 Å². The minimum atomic E-state index is 0.161. The van der Waals surface area contributed by atoms with Crippen LogP contribution in [0.15, 0.2) is 54.2 Å². The van der Waals surface area contributed by atoms with Crippen LogP contribution in [0.2, 0.25) is 0 Å². The predicted octanol–water partition coefficient (Wildman–Crippen LogP) is 5.03. The number of amides is 1. The molecule has 2 aromatic carbocycles. The summed E-state index contributed by atoms with van der Waals surface area (Å²) in [5, 5.41) is 7.12. The minimum absolute atomic E-state index is 0.161. The van der Waals surface area contributed by atoms with Gasteiger partial charge in [0.05, 0.1) is 0 Å². The maximum atomic E-state index is 13.1. The Kier molecular flexibility index (Phi) is 6.77. The van der Waals surface area contributed by atoms with Gasteiger partial charge in [-0.05, 0) is 93.1 Å². The van der Waals surface area contributed by atoms with E-state index in [1.54, 1.807) is 0 Å². The number of nitrogens with one attached hydrogen (secondary N) is 2. The van der Waals surface area contributed by atoms with E-state index in [4.69, 9.17) is 0 Å². The average molecular weight is 418 g/mol. The number of carbonyl (C=O) groups excluding carboxylic acids is 1. The Labute approximate surface area is 186 Å². The molecule has 2 aliphatic heterocycles. The summed E-state index contributed by atoms with van der Waals surface area (Å²) >= 11 is 0. The number of rotatable bonds is 6. The number of aryl methyl sites for hydroxylation is 1. The van der Waals surface area contributed by atoms with Crippen molar-refractivity contribution in [1.29, 1.82) is 0 Å². The van der Waals surface area contributed by atoms with Crippen LogP contribution in [0.5, 0.6) is 0 Å². The number of benzene rings is 2. The molecular weight excluding hydrogens is 382 g/mol. The van der Waals surface area contributed by atoms with Gasteiger partial charge in [0.1, 0.15) is 0 Å². The number of nitrogens with zero attached hydrogens (tertiary/aromatic N) is 1. The second kappa shape index (κ2) is 9.69. The minimum Gasteiger partial charge on any atom is -0.388 e. The fourth-order valence-electron chi connectivity index (χ4n) is 4.46. The van der Waals surface area contributed by atoms with Crippen LogP contribution in [0.1, 0.15) is 61.0 Å². The highest BCUT2D eigenvalue weighted by atomic mass is 16.2. The third-order valence-electron chi connectivity index (χ3n) is 6.61. The molecule has 31 heavy (non-hydrogen) atoms. The highest BCUT2D eigenvalue weighted by Gasteiger charge is 2.21. The molecule has 2 heterocycles. The Hall–Kier alpha value is -2.59. The quantitative estimate of drug-likeness (QED) is 0.693. The van der Waals surface area contributed by atoms with Gasteiger partial charge in [-0.25, -0.2) is 0 Å². The molecule has 2 N–H and O–H groups in total. The molecule has 0 spiro atoms. The Morgan fingerprint density at radius 2 is 1.87 bits per heavy atom. The molecule has 0 saturated carbocycles. The summed E-state index contributed by atoms with van der Waals surface area (Å²) in [6.45, 7) is 9.04. The normalized spacial score (nSPS) is 19.6. The van der Waals surface area contributed by atoms with Crippen molar-refractivity contribution in [3.8, 4) is 11.1 Å². The van der Waals surface area contributed by atoms with Gasteiger partial charge in [0, 0.05) is 37.3 Å². The van der Waals surface area contributed by atoms with E-state index in [-0.39, 0.29) is 5.91 Å². The van der Waals surface area contributed by atoms with Crippen molar-refractivity contribution in [3.05, 3.63) is 70.9 Å². The van der Waals surface area contributed by atoms with Crippen molar-refractivity contribution in [1.82, 2.24) is 15.5 Å². The Morgan fingerprint density at radius 3 is 2.55 bits per heavy atom. The van der Waals surface area contributed by atoms with E-state index in [1.807, 2.05) is 4.90 Å². The van der Waals surface area contributed by atoms with Gasteiger partial charge < -0.3 is 15.5 Å². The summed E-state index contributed by atoms with van der Waals surface area (Å²) in [5.41, 5.74) is 6.89. The van der Waals surface area contributed by atoms with Crippen molar-refractivity contribution in [2.45, 2.75) is 65.1 Å². The molecule has 2 atom stereocenters. The van der Waals surface area contributed by atoms with Gasteiger partial charge in [-0.1, -0.05) is 29.8 Å². The van der Waals surface area contributed by atoms with Crippen LogP contribution in [0.25, 0.3) is 11.1 Å². The second-order valence-electron chi connectivity index (χ2n) is 9.21. The molecule has 1 saturated heterocycles. The van der Waals surface area contributed by atoms with Crippen LogP contribution in [0.4, 0.5) is 0 Å². The van der Waals surface area contributed by atoms with Crippen molar-refractivity contribution in [3.63, 3.8) is 0 Å². The molecule has 2 aromatic rings. The van der Waals surface area contributed by atoms with Crippen molar-refractivity contribution in [2.75, 3.05) is 13.1 Å². The molecule has 0 aromatic heterocycles. The highest BCUT2D eigenvalue weighted by Crippen LogP contribution is 2.25. The number of hydrogen-bond acceptors (Lipinski definition) is 3. The molecule has 0 radical (unpaired) electrons. The SMILES string of the molecule is Cc1ccc(-c2cc(CNC(C)C3=CNC(C)CC3)cc(C(=O)N3CCCC3)c2)cc1. The first-order valence-corrected chi connectivity index (χ1v) is 11.7. The molecular formula is C27H35N3O. The molecule has 0 bridgehead atoms. The van der Waals surface area contributed by atoms with E-state index in [0.717, 1.165) is 61.2 Å². The van der Waals surface area contributed by atoms with Crippen LogP contribution in [-0.2, 0) is 6.54 Å². The highest BCUT2D eigenvalue weighted by molar-refractivity contribution is 5.96. The summed E-state index contributed by atoms with van der Waals surface area (Å²) in [6, 6.07) is 15.8. The standard InChI is InChI=1S/C27H35N3O/c1-19-6-9-23(10-7-19)25-14-22(15-26(16-25)27(31)30-12-4-5-13-30)17-29-21(3)24-11-8-20(2)28-18-24/h6-7,9-10,14-16,18,20-21,28-29H,4-5,8,11-13,17H2,1-3H3. The van der Waals surface area contributed by atoms with Gasteiger partial charge in [-0.2, -0.15) is 0 Å². The van der Waals surface area contributed by atoms with Gasteiger partial charge >= 0.3 is 0 Å². The maximum Gasteiger partial charge on any atom is 0.253 e.